The molecule has 6 nitrogen and oxygen atoms in total. The molecule has 4 rings (SSSR count). The molecule has 33 heavy (non-hydrogen) atoms. The van der Waals surface area contributed by atoms with Crippen LogP contribution in [0, 0.1) is 0 Å². The van der Waals surface area contributed by atoms with Crippen LogP contribution in [0.15, 0.2) is 71.6 Å². The summed E-state index contributed by atoms with van der Waals surface area (Å²) in [7, 11) is -3.51. The number of benzene rings is 3. The first-order chi connectivity index (χ1) is 16.0. The van der Waals surface area contributed by atoms with Gasteiger partial charge in [-0.1, -0.05) is 50.1 Å². The van der Waals surface area contributed by atoms with Crippen LogP contribution < -0.4 is 10.1 Å². The summed E-state index contributed by atoms with van der Waals surface area (Å²) in [6.07, 6.45) is 3.76. The van der Waals surface area contributed by atoms with Crippen LogP contribution >= 0.6 is 0 Å². The van der Waals surface area contributed by atoms with Crippen LogP contribution in [0.4, 0.5) is 5.69 Å². The predicted molar refractivity (Wildman–Crippen MR) is 131 cm³/mol. The van der Waals surface area contributed by atoms with Crippen molar-refractivity contribution in [2.45, 2.75) is 50.0 Å². The lowest BCUT2D eigenvalue weighted by atomic mass is 10.1. The Hall–Kier alpha value is -2.90. The molecule has 0 bridgehead atoms. The summed E-state index contributed by atoms with van der Waals surface area (Å²) in [6.45, 7) is 3.01. The minimum absolute atomic E-state index is 0.252. The number of hydrogen-bond donors (Lipinski definition) is 1. The van der Waals surface area contributed by atoms with Gasteiger partial charge in [0.15, 0.2) is 6.10 Å². The van der Waals surface area contributed by atoms with Gasteiger partial charge in [0.2, 0.25) is 10.0 Å². The molecule has 0 radical (unpaired) electrons. The van der Waals surface area contributed by atoms with Crippen molar-refractivity contribution in [1.82, 2.24) is 4.31 Å². The van der Waals surface area contributed by atoms with Crippen molar-refractivity contribution in [1.29, 1.82) is 0 Å². The minimum Gasteiger partial charge on any atom is -0.481 e. The maximum absolute atomic E-state index is 12.9. The molecule has 0 unspecified atom stereocenters. The Labute approximate surface area is 195 Å². The van der Waals surface area contributed by atoms with E-state index in [0.717, 1.165) is 36.5 Å². The van der Waals surface area contributed by atoms with E-state index in [1.54, 1.807) is 28.6 Å². The number of hydrogen-bond acceptors (Lipinski definition) is 4. The van der Waals surface area contributed by atoms with E-state index in [9.17, 15) is 13.2 Å². The van der Waals surface area contributed by atoms with Crippen LogP contribution in [0.3, 0.4) is 0 Å². The number of rotatable bonds is 7. The first kappa shape index (κ1) is 23.3. The zero-order valence-corrected chi connectivity index (χ0v) is 19.7. The Kier molecular flexibility index (Phi) is 7.30. The Morgan fingerprint density at radius 2 is 1.61 bits per heavy atom. The standard InChI is InChI=1S/C26H30N2O4S/c1-2-25(32-23-14-11-20-9-5-6-10-21(20)19-23)26(29)27-22-12-15-24(16-13-22)33(30,31)28-17-7-3-4-8-18-28/h5-6,9-16,19,25H,2-4,7-8,17-18H2,1H3,(H,27,29)/t25-/m0/s1. The SMILES string of the molecule is CC[C@H](Oc1ccc2ccccc2c1)C(=O)Nc1ccc(S(=O)(=O)N2CCCCCC2)cc1. The molecule has 3 aromatic rings. The second-order valence-electron chi connectivity index (χ2n) is 8.36. The van der Waals surface area contributed by atoms with E-state index >= 15 is 0 Å². The van der Waals surface area contributed by atoms with Crippen molar-refractivity contribution in [3.63, 3.8) is 0 Å². The number of sulfonamides is 1. The third-order valence-electron chi connectivity index (χ3n) is 5.99. The molecule has 0 spiro atoms. The second-order valence-corrected chi connectivity index (χ2v) is 10.3. The number of fused-ring (bicyclic) bond motifs is 1. The molecule has 0 aliphatic carbocycles. The van der Waals surface area contributed by atoms with Crippen LogP contribution in [-0.4, -0.2) is 37.8 Å². The highest BCUT2D eigenvalue weighted by Crippen LogP contribution is 2.24. The molecule has 1 aliphatic heterocycles. The van der Waals surface area contributed by atoms with Gasteiger partial charge in [0.05, 0.1) is 4.90 Å². The molecule has 1 saturated heterocycles. The molecule has 0 saturated carbocycles. The number of amides is 1. The molecule has 1 heterocycles. The van der Waals surface area contributed by atoms with E-state index in [1.807, 2.05) is 49.4 Å². The zero-order valence-electron chi connectivity index (χ0n) is 18.9. The molecule has 1 atom stereocenters. The van der Waals surface area contributed by atoms with Gasteiger partial charge in [-0.3, -0.25) is 4.79 Å². The van der Waals surface area contributed by atoms with Gasteiger partial charge in [0, 0.05) is 18.8 Å². The summed E-state index contributed by atoms with van der Waals surface area (Å²) in [4.78, 5) is 13.1. The van der Waals surface area contributed by atoms with Gasteiger partial charge in [0.1, 0.15) is 5.75 Å². The van der Waals surface area contributed by atoms with Gasteiger partial charge in [-0.15, -0.1) is 0 Å². The van der Waals surface area contributed by atoms with Crippen molar-refractivity contribution < 1.29 is 17.9 Å². The summed E-state index contributed by atoms with van der Waals surface area (Å²) in [5.41, 5.74) is 0.537. The zero-order chi connectivity index (χ0) is 23.3. The smallest absolute Gasteiger partial charge is 0.265 e. The Bertz CT molecular complexity index is 1200. The van der Waals surface area contributed by atoms with Crippen molar-refractivity contribution in [2.24, 2.45) is 0 Å². The van der Waals surface area contributed by atoms with Gasteiger partial charge in [-0.05, 0) is 66.4 Å². The molecule has 3 aromatic carbocycles. The predicted octanol–water partition coefficient (Wildman–Crippen LogP) is 5.20. The molecule has 1 aliphatic rings. The number of nitrogens with one attached hydrogen (secondary N) is 1. The monoisotopic (exact) mass is 466 g/mol. The van der Waals surface area contributed by atoms with Crippen molar-refractivity contribution in [2.75, 3.05) is 18.4 Å². The van der Waals surface area contributed by atoms with Crippen molar-refractivity contribution in [3.8, 4) is 5.75 Å². The van der Waals surface area contributed by atoms with Gasteiger partial charge < -0.3 is 10.1 Å². The van der Waals surface area contributed by atoms with Gasteiger partial charge in [-0.25, -0.2) is 8.42 Å². The third-order valence-corrected chi connectivity index (χ3v) is 7.90. The summed E-state index contributed by atoms with van der Waals surface area (Å²) < 4.78 is 33.4. The number of nitrogens with zero attached hydrogens (tertiary/aromatic N) is 1. The molecule has 1 N–H and O–H groups in total. The average Bonchev–Trinajstić information content (AvgIpc) is 3.13. The quantitative estimate of drug-likeness (QED) is 0.519. The molecular weight excluding hydrogens is 436 g/mol. The maximum Gasteiger partial charge on any atom is 0.265 e. The molecular formula is C26H30N2O4S. The molecule has 1 amide bonds. The third kappa shape index (κ3) is 5.54. The largest absolute Gasteiger partial charge is 0.481 e. The fourth-order valence-electron chi connectivity index (χ4n) is 4.09. The highest BCUT2D eigenvalue weighted by Gasteiger charge is 2.25. The van der Waals surface area contributed by atoms with E-state index in [1.165, 1.54) is 0 Å². The average molecular weight is 467 g/mol. The Morgan fingerprint density at radius 3 is 2.27 bits per heavy atom. The number of ether oxygens (including phenoxy) is 1. The van der Waals surface area contributed by atoms with Crippen LogP contribution in [-0.2, 0) is 14.8 Å². The summed E-state index contributed by atoms with van der Waals surface area (Å²) in [5, 5.41) is 5.00. The van der Waals surface area contributed by atoms with E-state index in [-0.39, 0.29) is 10.8 Å². The minimum atomic E-state index is -3.51. The van der Waals surface area contributed by atoms with Gasteiger partial charge in [0.25, 0.3) is 5.91 Å². The first-order valence-corrected chi connectivity index (χ1v) is 13.0. The van der Waals surface area contributed by atoms with Crippen LogP contribution in [0.5, 0.6) is 5.75 Å². The molecule has 174 valence electrons. The maximum atomic E-state index is 12.9. The van der Waals surface area contributed by atoms with Crippen molar-refractivity contribution in [3.05, 3.63) is 66.7 Å². The first-order valence-electron chi connectivity index (χ1n) is 11.5. The molecule has 1 fully saturated rings. The molecule has 0 aromatic heterocycles. The Morgan fingerprint density at radius 1 is 0.939 bits per heavy atom. The van der Waals surface area contributed by atoms with Crippen LogP contribution in [0.2, 0.25) is 0 Å². The van der Waals surface area contributed by atoms with Crippen LogP contribution in [0.1, 0.15) is 39.0 Å². The lowest BCUT2D eigenvalue weighted by Gasteiger charge is -2.20. The molecule has 7 heteroatoms. The topological polar surface area (TPSA) is 75.7 Å². The van der Waals surface area contributed by atoms with E-state index in [4.69, 9.17) is 4.74 Å². The van der Waals surface area contributed by atoms with Gasteiger partial charge >= 0.3 is 0 Å². The summed E-state index contributed by atoms with van der Waals surface area (Å²) >= 11 is 0. The number of carbonyl (C=O) groups is 1. The van der Waals surface area contributed by atoms with E-state index in [0.29, 0.717) is 30.9 Å². The lowest BCUT2D eigenvalue weighted by molar-refractivity contribution is -0.122. The van der Waals surface area contributed by atoms with E-state index < -0.39 is 16.1 Å². The summed E-state index contributed by atoms with van der Waals surface area (Å²) in [6, 6.07) is 20.1. The second kappa shape index (κ2) is 10.4. The summed E-state index contributed by atoms with van der Waals surface area (Å²) in [5.74, 6) is 0.364. The normalized spacial score (nSPS) is 16.2. The number of carbonyl (C=O) groups excluding carboxylic acids is 1. The highest BCUT2D eigenvalue weighted by molar-refractivity contribution is 7.89. The van der Waals surface area contributed by atoms with E-state index in [2.05, 4.69) is 5.32 Å². The fourth-order valence-corrected chi connectivity index (χ4v) is 5.61. The van der Waals surface area contributed by atoms with Crippen LogP contribution in [0.25, 0.3) is 10.8 Å². The van der Waals surface area contributed by atoms with Crippen molar-refractivity contribution >= 4 is 32.4 Å². The van der Waals surface area contributed by atoms with Gasteiger partial charge in [-0.2, -0.15) is 4.31 Å². The Balaban J connectivity index is 1.42. The highest BCUT2D eigenvalue weighted by atomic mass is 32.2. The number of anilines is 1. The fraction of sp³-hybridized carbons (Fsp3) is 0.346. The lowest BCUT2D eigenvalue weighted by Crippen LogP contribution is -2.32.